The Labute approximate surface area is 147 Å². The summed E-state index contributed by atoms with van der Waals surface area (Å²) in [4.78, 5) is 12.0. The highest BCUT2D eigenvalue weighted by Crippen LogP contribution is 2.43. The highest BCUT2D eigenvalue weighted by atomic mass is 35.5. The number of carbonyl (C=O) groups excluding carboxylic acids is 1. The van der Waals surface area contributed by atoms with Crippen molar-refractivity contribution in [2.24, 2.45) is 0 Å². The average Bonchev–Trinajstić information content (AvgIpc) is 3.23. The van der Waals surface area contributed by atoms with Crippen LogP contribution in [0.4, 0.5) is 0 Å². The maximum absolute atomic E-state index is 12.0. The fraction of sp³-hybridized carbons (Fsp3) is 0.286. The van der Waals surface area contributed by atoms with E-state index in [9.17, 15) is 4.79 Å². The van der Waals surface area contributed by atoms with Gasteiger partial charge in [0, 0.05) is 28.7 Å². The van der Waals surface area contributed by atoms with Gasteiger partial charge in [0.2, 0.25) is 0 Å². The van der Waals surface area contributed by atoms with Gasteiger partial charge in [-0.05, 0) is 42.2 Å². The van der Waals surface area contributed by atoms with E-state index in [4.69, 9.17) is 11.6 Å². The van der Waals surface area contributed by atoms with Crippen molar-refractivity contribution >= 4 is 28.8 Å². The van der Waals surface area contributed by atoms with Gasteiger partial charge in [0.25, 0.3) is 0 Å². The van der Waals surface area contributed by atoms with Gasteiger partial charge >= 0.3 is 0 Å². The molecule has 3 heteroatoms. The Kier molecular flexibility index (Phi) is 3.93. The minimum absolute atomic E-state index is 0.301. The van der Waals surface area contributed by atoms with E-state index in [1.54, 1.807) is 0 Å². The van der Waals surface area contributed by atoms with Crippen LogP contribution in [0.1, 0.15) is 36.8 Å². The zero-order chi connectivity index (χ0) is 16.6. The largest absolute Gasteiger partial charge is 0.343 e. The van der Waals surface area contributed by atoms with Gasteiger partial charge in [0.1, 0.15) is 6.29 Å². The van der Waals surface area contributed by atoms with E-state index < -0.39 is 0 Å². The molecular formula is C21H20ClNO. The third kappa shape index (κ3) is 2.55. The third-order valence-electron chi connectivity index (χ3n) is 5.31. The molecule has 122 valence electrons. The van der Waals surface area contributed by atoms with Crippen molar-refractivity contribution in [1.82, 2.24) is 4.57 Å². The molecule has 0 N–H and O–H groups in total. The van der Waals surface area contributed by atoms with Crippen LogP contribution in [0.5, 0.6) is 0 Å². The number of para-hydroxylation sites is 1. The zero-order valence-electron chi connectivity index (χ0n) is 13.5. The maximum atomic E-state index is 12.0. The first kappa shape index (κ1) is 15.5. The molecule has 24 heavy (non-hydrogen) atoms. The average molecular weight is 338 g/mol. The lowest BCUT2D eigenvalue weighted by molar-refractivity contribution is -0.112. The van der Waals surface area contributed by atoms with Crippen molar-refractivity contribution < 1.29 is 4.79 Å². The molecule has 3 aromatic rings. The van der Waals surface area contributed by atoms with Crippen LogP contribution in [-0.4, -0.2) is 10.9 Å². The van der Waals surface area contributed by atoms with Gasteiger partial charge in [-0.25, -0.2) is 0 Å². The molecule has 1 heterocycles. The van der Waals surface area contributed by atoms with Gasteiger partial charge in [-0.15, -0.1) is 0 Å². The molecule has 0 atom stereocenters. The number of fused-ring (bicyclic) bond motifs is 1. The Bertz CT molecular complexity index is 872. The van der Waals surface area contributed by atoms with Crippen LogP contribution in [0.2, 0.25) is 5.02 Å². The third-order valence-corrected chi connectivity index (χ3v) is 5.56. The summed E-state index contributed by atoms with van der Waals surface area (Å²) in [6, 6.07) is 16.4. The summed E-state index contributed by atoms with van der Waals surface area (Å²) < 4.78 is 2.26. The summed E-state index contributed by atoms with van der Waals surface area (Å²) in [5.74, 6) is 0. The molecule has 1 aromatic heterocycles. The first-order chi connectivity index (χ1) is 11.7. The monoisotopic (exact) mass is 337 g/mol. The molecule has 4 rings (SSSR count). The standard InChI is InChI=1S/C21H20ClNO/c22-17-9-7-16(8-10-17)13-23-14-19(18-5-1-2-6-20(18)23)21(15-24)11-3-4-12-21/h1-2,5-10,14-15H,3-4,11-13H2. The number of carbonyl (C=O) groups is 1. The maximum Gasteiger partial charge on any atom is 0.130 e. The number of hydrogen-bond acceptors (Lipinski definition) is 1. The topological polar surface area (TPSA) is 22.0 Å². The van der Waals surface area contributed by atoms with E-state index in [2.05, 4.69) is 47.2 Å². The van der Waals surface area contributed by atoms with E-state index >= 15 is 0 Å². The summed E-state index contributed by atoms with van der Waals surface area (Å²) in [7, 11) is 0. The Hall–Kier alpha value is -2.06. The van der Waals surface area contributed by atoms with Gasteiger partial charge < -0.3 is 9.36 Å². The van der Waals surface area contributed by atoms with E-state index in [0.29, 0.717) is 0 Å². The van der Waals surface area contributed by atoms with Crippen LogP contribution in [0.25, 0.3) is 10.9 Å². The predicted molar refractivity (Wildman–Crippen MR) is 98.7 cm³/mol. The molecule has 2 aromatic carbocycles. The number of benzene rings is 2. The SMILES string of the molecule is O=CC1(c2cn(Cc3ccc(Cl)cc3)c3ccccc23)CCCC1. The molecule has 1 fully saturated rings. The lowest BCUT2D eigenvalue weighted by atomic mass is 9.80. The number of halogens is 1. The smallest absolute Gasteiger partial charge is 0.130 e. The Morgan fingerprint density at radius 3 is 2.46 bits per heavy atom. The van der Waals surface area contributed by atoms with Crippen molar-refractivity contribution in [2.45, 2.75) is 37.6 Å². The van der Waals surface area contributed by atoms with Crippen LogP contribution >= 0.6 is 11.6 Å². The van der Waals surface area contributed by atoms with Gasteiger partial charge in [0.15, 0.2) is 0 Å². The first-order valence-electron chi connectivity index (χ1n) is 8.51. The highest BCUT2D eigenvalue weighted by Gasteiger charge is 2.37. The molecule has 1 saturated carbocycles. The van der Waals surface area contributed by atoms with Crippen LogP contribution in [0.15, 0.2) is 54.7 Å². The number of hydrogen-bond donors (Lipinski definition) is 0. The minimum Gasteiger partial charge on any atom is -0.343 e. The molecule has 0 spiro atoms. The van der Waals surface area contributed by atoms with Gasteiger partial charge in [-0.2, -0.15) is 0 Å². The first-order valence-corrected chi connectivity index (χ1v) is 8.89. The van der Waals surface area contributed by atoms with Crippen molar-refractivity contribution in [3.63, 3.8) is 0 Å². The summed E-state index contributed by atoms with van der Waals surface area (Å²) in [5, 5.41) is 1.96. The van der Waals surface area contributed by atoms with E-state index in [-0.39, 0.29) is 5.41 Å². The lowest BCUT2D eigenvalue weighted by Crippen LogP contribution is -2.23. The predicted octanol–water partition coefficient (Wildman–Crippen LogP) is 5.35. The highest BCUT2D eigenvalue weighted by molar-refractivity contribution is 6.30. The molecule has 2 nitrogen and oxygen atoms in total. The lowest BCUT2D eigenvalue weighted by Gasteiger charge is -2.21. The molecular weight excluding hydrogens is 318 g/mol. The number of rotatable bonds is 4. The van der Waals surface area contributed by atoms with E-state index in [0.717, 1.165) is 37.3 Å². The fourth-order valence-corrected chi connectivity index (χ4v) is 4.14. The molecule has 0 unspecified atom stereocenters. The molecule has 0 amide bonds. The normalized spacial score (nSPS) is 16.5. The van der Waals surface area contributed by atoms with Crippen LogP contribution in [-0.2, 0) is 16.8 Å². The summed E-state index contributed by atoms with van der Waals surface area (Å²) in [6.45, 7) is 0.784. The second-order valence-corrected chi connectivity index (χ2v) is 7.23. The number of nitrogens with zero attached hydrogens (tertiary/aromatic N) is 1. The quantitative estimate of drug-likeness (QED) is 0.588. The van der Waals surface area contributed by atoms with Gasteiger partial charge in [0.05, 0.1) is 5.41 Å². The van der Waals surface area contributed by atoms with Crippen molar-refractivity contribution in [2.75, 3.05) is 0 Å². The molecule has 0 aliphatic heterocycles. The van der Waals surface area contributed by atoms with Gasteiger partial charge in [-0.3, -0.25) is 0 Å². The number of aldehydes is 1. The molecule has 0 bridgehead atoms. The fourth-order valence-electron chi connectivity index (χ4n) is 4.02. The number of aromatic nitrogens is 1. The summed E-state index contributed by atoms with van der Waals surface area (Å²) in [5.41, 5.74) is 3.29. The molecule has 1 aliphatic rings. The summed E-state index contributed by atoms with van der Waals surface area (Å²) >= 11 is 5.99. The Morgan fingerprint density at radius 2 is 1.75 bits per heavy atom. The summed E-state index contributed by atoms with van der Waals surface area (Å²) in [6.07, 6.45) is 7.58. The van der Waals surface area contributed by atoms with E-state index in [1.807, 2.05) is 12.1 Å². The van der Waals surface area contributed by atoms with E-state index in [1.165, 1.54) is 28.3 Å². The minimum atomic E-state index is -0.301. The second kappa shape index (κ2) is 6.10. The Balaban J connectivity index is 1.82. The van der Waals surface area contributed by atoms with Crippen molar-refractivity contribution in [3.05, 3.63) is 70.9 Å². The molecule has 1 aliphatic carbocycles. The van der Waals surface area contributed by atoms with Crippen molar-refractivity contribution in [1.29, 1.82) is 0 Å². The van der Waals surface area contributed by atoms with Crippen molar-refractivity contribution in [3.8, 4) is 0 Å². The second-order valence-electron chi connectivity index (χ2n) is 6.80. The molecule has 0 radical (unpaired) electrons. The van der Waals surface area contributed by atoms with Crippen LogP contribution in [0.3, 0.4) is 0 Å². The zero-order valence-corrected chi connectivity index (χ0v) is 14.3. The van der Waals surface area contributed by atoms with Crippen LogP contribution in [0, 0.1) is 0 Å². The van der Waals surface area contributed by atoms with Crippen LogP contribution < -0.4 is 0 Å². The molecule has 0 saturated heterocycles. The van der Waals surface area contributed by atoms with Gasteiger partial charge in [-0.1, -0.05) is 54.8 Å². The Morgan fingerprint density at radius 1 is 1.04 bits per heavy atom.